The third-order valence-corrected chi connectivity index (χ3v) is 3.96. The number of benzene rings is 1. The molecule has 2 rings (SSSR count). The topological polar surface area (TPSA) is 64.1 Å². The molecule has 2 aromatic rings. The van der Waals surface area contributed by atoms with Crippen molar-refractivity contribution in [2.45, 2.75) is 25.4 Å². The minimum absolute atomic E-state index is 0.135. The van der Waals surface area contributed by atoms with E-state index in [4.69, 9.17) is 16.3 Å². The molecular weight excluding hydrogens is 334 g/mol. The fourth-order valence-corrected chi connectivity index (χ4v) is 2.52. The Kier molecular flexibility index (Phi) is 6.67. The molecule has 0 saturated carbocycles. The number of carbonyl (C=O) groups excluding carboxylic acids is 1. The first-order chi connectivity index (χ1) is 11.1. The van der Waals surface area contributed by atoms with Crippen LogP contribution in [0.2, 0.25) is 5.02 Å². The molecule has 0 bridgehead atoms. The van der Waals surface area contributed by atoms with Gasteiger partial charge in [-0.05, 0) is 31.0 Å². The summed E-state index contributed by atoms with van der Waals surface area (Å²) in [4.78, 5) is 20.4. The molecule has 0 aliphatic carbocycles. The maximum Gasteiger partial charge on any atom is 0.234 e. The van der Waals surface area contributed by atoms with E-state index in [0.29, 0.717) is 28.4 Å². The van der Waals surface area contributed by atoms with Gasteiger partial charge in [-0.2, -0.15) is 4.98 Å². The Hall–Kier alpha value is -1.79. The molecule has 7 heteroatoms. The summed E-state index contributed by atoms with van der Waals surface area (Å²) in [5.74, 6) is 0.600. The van der Waals surface area contributed by atoms with Crippen molar-refractivity contribution in [3.05, 3.63) is 41.0 Å². The number of thioether (sulfide) groups is 1. The lowest BCUT2D eigenvalue weighted by molar-refractivity contribution is -0.113. The Bertz CT molecular complexity index is 682. The van der Waals surface area contributed by atoms with Gasteiger partial charge >= 0.3 is 0 Å². The van der Waals surface area contributed by atoms with Crippen molar-refractivity contribution in [1.82, 2.24) is 9.97 Å². The summed E-state index contributed by atoms with van der Waals surface area (Å²) >= 11 is 7.20. The van der Waals surface area contributed by atoms with E-state index in [1.165, 1.54) is 11.8 Å². The van der Waals surface area contributed by atoms with Crippen LogP contribution in [0.3, 0.4) is 0 Å². The molecule has 0 radical (unpaired) electrons. The summed E-state index contributed by atoms with van der Waals surface area (Å²) in [6.45, 7) is 4.55. The maximum absolute atomic E-state index is 12.0. The molecular formula is C16H18ClN3O2S. The van der Waals surface area contributed by atoms with E-state index in [2.05, 4.69) is 15.3 Å². The number of aryl methyl sites for hydroxylation is 1. The zero-order valence-electron chi connectivity index (χ0n) is 13.0. The van der Waals surface area contributed by atoms with Crippen LogP contribution in [0, 0.1) is 6.92 Å². The molecule has 0 aliphatic rings. The highest BCUT2D eigenvalue weighted by Crippen LogP contribution is 2.21. The van der Waals surface area contributed by atoms with Gasteiger partial charge in [0.1, 0.15) is 0 Å². The van der Waals surface area contributed by atoms with Crippen LogP contribution < -0.4 is 10.1 Å². The zero-order valence-corrected chi connectivity index (χ0v) is 14.6. The summed E-state index contributed by atoms with van der Waals surface area (Å²) in [5.41, 5.74) is 1.67. The molecule has 1 aromatic heterocycles. The lowest BCUT2D eigenvalue weighted by Crippen LogP contribution is -2.15. The number of rotatable bonds is 7. The number of hydrogen-bond acceptors (Lipinski definition) is 5. The predicted octanol–water partition coefficient (Wildman–Crippen LogP) is 3.96. The highest BCUT2D eigenvalue weighted by molar-refractivity contribution is 7.99. The van der Waals surface area contributed by atoms with Gasteiger partial charge in [-0.25, -0.2) is 4.98 Å². The van der Waals surface area contributed by atoms with E-state index in [1.54, 1.807) is 24.4 Å². The summed E-state index contributed by atoms with van der Waals surface area (Å²) < 4.78 is 5.45. The molecule has 23 heavy (non-hydrogen) atoms. The van der Waals surface area contributed by atoms with E-state index < -0.39 is 0 Å². The fraction of sp³-hybridized carbons (Fsp3) is 0.312. The highest BCUT2D eigenvalue weighted by atomic mass is 35.5. The SMILES string of the molecule is CCCOc1ccnc(SCC(=O)Nc2cc(Cl)ccc2C)n1. The molecule has 1 heterocycles. The average Bonchev–Trinajstić information content (AvgIpc) is 2.55. The fourth-order valence-electron chi connectivity index (χ4n) is 1.73. The first-order valence-corrected chi connectivity index (χ1v) is 8.59. The smallest absolute Gasteiger partial charge is 0.234 e. The molecule has 1 amide bonds. The summed E-state index contributed by atoms with van der Waals surface area (Å²) in [6.07, 6.45) is 2.53. The van der Waals surface area contributed by atoms with Gasteiger partial charge < -0.3 is 10.1 Å². The van der Waals surface area contributed by atoms with Crippen molar-refractivity contribution < 1.29 is 9.53 Å². The highest BCUT2D eigenvalue weighted by Gasteiger charge is 2.08. The molecule has 0 atom stereocenters. The zero-order chi connectivity index (χ0) is 16.7. The van der Waals surface area contributed by atoms with E-state index in [0.717, 1.165) is 12.0 Å². The van der Waals surface area contributed by atoms with Crippen LogP contribution >= 0.6 is 23.4 Å². The molecule has 0 fully saturated rings. The molecule has 0 aliphatic heterocycles. The second-order valence-electron chi connectivity index (χ2n) is 4.82. The van der Waals surface area contributed by atoms with Crippen molar-refractivity contribution in [2.75, 3.05) is 17.7 Å². The van der Waals surface area contributed by atoms with E-state index in [-0.39, 0.29) is 11.7 Å². The van der Waals surface area contributed by atoms with Crippen molar-refractivity contribution in [2.24, 2.45) is 0 Å². The van der Waals surface area contributed by atoms with E-state index >= 15 is 0 Å². The Morgan fingerprint density at radius 3 is 3.00 bits per heavy atom. The molecule has 1 aromatic carbocycles. The number of amides is 1. The number of carbonyl (C=O) groups is 1. The summed E-state index contributed by atoms with van der Waals surface area (Å²) in [7, 11) is 0. The second-order valence-corrected chi connectivity index (χ2v) is 6.20. The number of nitrogens with zero attached hydrogens (tertiary/aromatic N) is 2. The standard InChI is InChI=1S/C16H18ClN3O2S/c1-3-8-22-15-6-7-18-16(20-15)23-10-14(21)19-13-9-12(17)5-4-11(13)2/h4-7,9H,3,8,10H2,1-2H3,(H,19,21). The van der Waals surface area contributed by atoms with Crippen LogP contribution in [0.1, 0.15) is 18.9 Å². The average molecular weight is 352 g/mol. The van der Waals surface area contributed by atoms with E-state index in [1.807, 2.05) is 19.9 Å². The van der Waals surface area contributed by atoms with Crippen molar-refractivity contribution in [1.29, 1.82) is 0 Å². The third-order valence-electron chi connectivity index (χ3n) is 2.87. The van der Waals surface area contributed by atoms with Crippen LogP contribution in [-0.4, -0.2) is 28.2 Å². The largest absolute Gasteiger partial charge is 0.478 e. The van der Waals surface area contributed by atoms with Gasteiger partial charge in [0.15, 0.2) is 5.16 Å². The summed E-state index contributed by atoms with van der Waals surface area (Å²) in [6, 6.07) is 7.09. The van der Waals surface area contributed by atoms with Gasteiger partial charge in [-0.15, -0.1) is 0 Å². The lowest BCUT2D eigenvalue weighted by Gasteiger charge is -2.08. The second kappa shape index (κ2) is 8.74. The number of hydrogen-bond donors (Lipinski definition) is 1. The third kappa shape index (κ3) is 5.73. The van der Waals surface area contributed by atoms with Gasteiger partial charge in [-0.1, -0.05) is 36.4 Å². The number of anilines is 1. The van der Waals surface area contributed by atoms with Crippen molar-refractivity contribution in [3.63, 3.8) is 0 Å². The Morgan fingerprint density at radius 1 is 1.39 bits per heavy atom. The minimum Gasteiger partial charge on any atom is -0.478 e. The van der Waals surface area contributed by atoms with Gasteiger partial charge in [0, 0.05) is 23.0 Å². The monoisotopic (exact) mass is 351 g/mol. The van der Waals surface area contributed by atoms with Crippen LogP contribution in [0.5, 0.6) is 5.88 Å². The molecule has 0 saturated heterocycles. The van der Waals surface area contributed by atoms with Crippen molar-refractivity contribution >= 4 is 35.0 Å². The maximum atomic E-state index is 12.0. The van der Waals surface area contributed by atoms with Gasteiger partial charge in [0.2, 0.25) is 11.8 Å². The van der Waals surface area contributed by atoms with Crippen LogP contribution in [-0.2, 0) is 4.79 Å². The first-order valence-electron chi connectivity index (χ1n) is 7.23. The quantitative estimate of drug-likeness (QED) is 0.604. The Labute approximate surface area is 144 Å². The first kappa shape index (κ1) is 17.6. The molecule has 5 nitrogen and oxygen atoms in total. The predicted molar refractivity (Wildman–Crippen MR) is 93.4 cm³/mol. The van der Waals surface area contributed by atoms with Crippen LogP contribution in [0.4, 0.5) is 5.69 Å². The molecule has 122 valence electrons. The van der Waals surface area contributed by atoms with Gasteiger partial charge in [-0.3, -0.25) is 4.79 Å². The van der Waals surface area contributed by atoms with Gasteiger partial charge in [0.25, 0.3) is 0 Å². The number of nitrogens with one attached hydrogen (secondary N) is 1. The number of aromatic nitrogens is 2. The van der Waals surface area contributed by atoms with Crippen LogP contribution in [0.25, 0.3) is 0 Å². The Morgan fingerprint density at radius 2 is 2.22 bits per heavy atom. The number of halogens is 1. The normalized spacial score (nSPS) is 10.4. The van der Waals surface area contributed by atoms with E-state index in [9.17, 15) is 4.79 Å². The van der Waals surface area contributed by atoms with Crippen LogP contribution in [0.15, 0.2) is 35.6 Å². The van der Waals surface area contributed by atoms with Crippen molar-refractivity contribution in [3.8, 4) is 5.88 Å². The Balaban J connectivity index is 1.90. The number of ether oxygens (including phenoxy) is 1. The molecule has 1 N–H and O–H groups in total. The molecule has 0 unspecified atom stereocenters. The van der Waals surface area contributed by atoms with Gasteiger partial charge in [0.05, 0.1) is 12.4 Å². The molecule has 0 spiro atoms. The lowest BCUT2D eigenvalue weighted by atomic mass is 10.2. The minimum atomic E-state index is -0.135. The summed E-state index contributed by atoms with van der Waals surface area (Å²) in [5, 5.41) is 3.94.